The molecule has 0 aromatic heterocycles. The number of hydrogen-bond acceptors (Lipinski definition) is 4. The van der Waals surface area contributed by atoms with Crippen LogP contribution in [0, 0.1) is 0 Å². The van der Waals surface area contributed by atoms with Crippen LogP contribution in [0.4, 0.5) is 0 Å². The van der Waals surface area contributed by atoms with E-state index in [2.05, 4.69) is 5.32 Å². The van der Waals surface area contributed by atoms with Gasteiger partial charge in [-0.25, -0.2) is 0 Å². The van der Waals surface area contributed by atoms with Crippen LogP contribution in [0.25, 0.3) is 0 Å². The number of likely N-dealkylation sites (N-methyl/N-ethyl adjacent to an activating group) is 1. The summed E-state index contributed by atoms with van der Waals surface area (Å²) in [6.45, 7) is 2.40. The first-order valence-electron chi connectivity index (χ1n) is 6.02. The lowest BCUT2D eigenvalue weighted by Gasteiger charge is -2.30. The maximum Gasteiger partial charge on any atom is 0.240 e. The molecule has 96 valence electrons. The molecule has 2 atom stereocenters. The van der Waals surface area contributed by atoms with Crippen LogP contribution in [0.2, 0.25) is 0 Å². The second-order valence-corrected chi connectivity index (χ2v) is 4.75. The van der Waals surface area contributed by atoms with Crippen LogP contribution in [0.1, 0.15) is 12.8 Å². The first kappa shape index (κ1) is 12.3. The van der Waals surface area contributed by atoms with Crippen molar-refractivity contribution in [2.45, 2.75) is 25.0 Å². The maximum atomic E-state index is 11.9. The van der Waals surface area contributed by atoms with Gasteiger partial charge in [0.15, 0.2) is 0 Å². The summed E-state index contributed by atoms with van der Waals surface area (Å²) in [5.74, 6) is -0.0768. The Morgan fingerprint density at radius 3 is 2.94 bits per heavy atom. The number of amides is 2. The number of nitrogens with zero attached hydrogens (tertiary/aromatic N) is 2. The Morgan fingerprint density at radius 2 is 2.29 bits per heavy atom. The number of aliphatic hydroxyl groups is 1. The van der Waals surface area contributed by atoms with Gasteiger partial charge in [-0.3, -0.25) is 9.59 Å². The van der Waals surface area contributed by atoms with E-state index in [9.17, 15) is 14.7 Å². The zero-order valence-electron chi connectivity index (χ0n) is 10.1. The van der Waals surface area contributed by atoms with Crippen molar-refractivity contribution in [2.24, 2.45) is 0 Å². The van der Waals surface area contributed by atoms with Crippen LogP contribution in [-0.2, 0) is 9.59 Å². The fraction of sp³-hybridized carbons (Fsp3) is 0.818. The maximum absolute atomic E-state index is 11.9. The Hall–Kier alpha value is -1.14. The second kappa shape index (κ2) is 5.01. The Morgan fingerprint density at radius 1 is 1.53 bits per heavy atom. The lowest BCUT2D eigenvalue weighted by Crippen LogP contribution is -2.55. The van der Waals surface area contributed by atoms with E-state index in [1.807, 2.05) is 0 Å². The second-order valence-electron chi connectivity index (χ2n) is 4.75. The zero-order chi connectivity index (χ0) is 12.4. The molecule has 2 N–H and O–H groups in total. The van der Waals surface area contributed by atoms with Crippen molar-refractivity contribution < 1.29 is 14.7 Å². The van der Waals surface area contributed by atoms with Crippen LogP contribution in [0.15, 0.2) is 0 Å². The largest absolute Gasteiger partial charge is 0.391 e. The summed E-state index contributed by atoms with van der Waals surface area (Å²) in [6.07, 6.45) is 0.421. The van der Waals surface area contributed by atoms with E-state index in [1.165, 1.54) is 0 Å². The van der Waals surface area contributed by atoms with E-state index in [0.717, 1.165) is 6.54 Å². The monoisotopic (exact) mass is 241 g/mol. The molecule has 2 unspecified atom stereocenters. The molecule has 0 saturated carbocycles. The first-order chi connectivity index (χ1) is 8.08. The van der Waals surface area contributed by atoms with Crippen molar-refractivity contribution in [3.8, 4) is 0 Å². The van der Waals surface area contributed by atoms with E-state index in [-0.39, 0.29) is 18.2 Å². The molecule has 17 heavy (non-hydrogen) atoms. The van der Waals surface area contributed by atoms with Gasteiger partial charge in [-0.15, -0.1) is 0 Å². The standard InChI is InChI=1S/C11H19N3O3/c1-13-5-3-12-9(11(13)17)6-10(16)14-4-2-8(15)7-14/h8-9,12,15H,2-7H2,1H3. The number of carbonyl (C=O) groups excluding carboxylic acids is 2. The highest BCUT2D eigenvalue weighted by atomic mass is 16.3. The third-order valence-corrected chi connectivity index (χ3v) is 3.41. The number of piperazine rings is 1. The van der Waals surface area contributed by atoms with Gasteiger partial charge in [0.25, 0.3) is 0 Å². The minimum atomic E-state index is -0.406. The van der Waals surface area contributed by atoms with Crippen molar-refractivity contribution in [3.63, 3.8) is 0 Å². The van der Waals surface area contributed by atoms with E-state index >= 15 is 0 Å². The Balaban J connectivity index is 1.87. The molecule has 2 saturated heterocycles. The first-order valence-corrected chi connectivity index (χ1v) is 6.02. The van der Waals surface area contributed by atoms with E-state index in [1.54, 1.807) is 16.8 Å². The fourth-order valence-electron chi connectivity index (χ4n) is 2.30. The van der Waals surface area contributed by atoms with Crippen LogP contribution in [0.3, 0.4) is 0 Å². The van der Waals surface area contributed by atoms with Crippen molar-refractivity contribution in [3.05, 3.63) is 0 Å². The topological polar surface area (TPSA) is 72.9 Å². The van der Waals surface area contributed by atoms with Gasteiger partial charge >= 0.3 is 0 Å². The molecule has 0 bridgehead atoms. The molecule has 0 spiro atoms. The molecule has 2 fully saturated rings. The quantitative estimate of drug-likeness (QED) is 0.611. The fourth-order valence-corrected chi connectivity index (χ4v) is 2.30. The summed E-state index contributed by atoms with van der Waals surface area (Å²) in [5.41, 5.74) is 0. The van der Waals surface area contributed by atoms with Gasteiger partial charge in [-0.1, -0.05) is 0 Å². The number of β-amino-alcohol motifs (C(OH)–C–C–N with tert-alkyl or cyclic N) is 1. The number of rotatable bonds is 2. The smallest absolute Gasteiger partial charge is 0.240 e. The van der Waals surface area contributed by atoms with Gasteiger partial charge in [-0.05, 0) is 6.42 Å². The minimum Gasteiger partial charge on any atom is -0.391 e. The molecule has 0 aromatic rings. The highest BCUT2D eigenvalue weighted by Crippen LogP contribution is 2.12. The molecule has 2 aliphatic rings. The SMILES string of the molecule is CN1CCNC(CC(=O)N2CCC(O)C2)C1=O. The molecule has 2 heterocycles. The van der Waals surface area contributed by atoms with Crippen LogP contribution >= 0.6 is 0 Å². The summed E-state index contributed by atoms with van der Waals surface area (Å²) in [6, 6.07) is -0.404. The molecule has 2 aliphatic heterocycles. The van der Waals surface area contributed by atoms with Gasteiger partial charge in [0.1, 0.15) is 0 Å². The average Bonchev–Trinajstić information content (AvgIpc) is 2.72. The van der Waals surface area contributed by atoms with Crippen molar-refractivity contribution in [1.29, 1.82) is 0 Å². The van der Waals surface area contributed by atoms with Crippen LogP contribution < -0.4 is 5.32 Å². The van der Waals surface area contributed by atoms with Gasteiger partial charge in [0, 0.05) is 33.2 Å². The van der Waals surface area contributed by atoms with Crippen molar-refractivity contribution in [2.75, 3.05) is 33.2 Å². The molecule has 2 amide bonds. The lowest BCUT2D eigenvalue weighted by molar-refractivity contribution is -0.139. The summed E-state index contributed by atoms with van der Waals surface area (Å²) >= 11 is 0. The van der Waals surface area contributed by atoms with Crippen LogP contribution in [-0.4, -0.2) is 72.1 Å². The van der Waals surface area contributed by atoms with E-state index in [4.69, 9.17) is 0 Å². The molecule has 0 radical (unpaired) electrons. The minimum absolute atomic E-state index is 0.0238. The molecule has 6 heteroatoms. The van der Waals surface area contributed by atoms with Crippen molar-refractivity contribution >= 4 is 11.8 Å². The Labute approximate surface area is 101 Å². The Bertz CT molecular complexity index is 321. The van der Waals surface area contributed by atoms with Gasteiger partial charge in [0.2, 0.25) is 11.8 Å². The summed E-state index contributed by atoms with van der Waals surface area (Å²) in [5, 5.41) is 12.4. The number of hydrogen-bond donors (Lipinski definition) is 2. The number of carbonyl (C=O) groups is 2. The van der Waals surface area contributed by atoms with E-state index < -0.39 is 12.1 Å². The third kappa shape index (κ3) is 2.76. The summed E-state index contributed by atoms with van der Waals surface area (Å²) in [7, 11) is 1.75. The number of nitrogens with one attached hydrogen (secondary N) is 1. The highest BCUT2D eigenvalue weighted by Gasteiger charge is 2.31. The van der Waals surface area contributed by atoms with Gasteiger partial charge in [0.05, 0.1) is 18.6 Å². The van der Waals surface area contributed by atoms with Gasteiger partial charge in [-0.2, -0.15) is 0 Å². The van der Waals surface area contributed by atoms with E-state index in [0.29, 0.717) is 26.1 Å². The molecule has 2 rings (SSSR count). The van der Waals surface area contributed by atoms with Crippen molar-refractivity contribution in [1.82, 2.24) is 15.1 Å². The van der Waals surface area contributed by atoms with Crippen LogP contribution in [0.5, 0.6) is 0 Å². The molecule has 0 aliphatic carbocycles. The molecule has 6 nitrogen and oxygen atoms in total. The summed E-state index contributed by atoms with van der Waals surface area (Å²) in [4.78, 5) is 27.0. The number of likely N-dealkylation sites (tertiary alicyclic amines) is 1. The predicted molar refractivity (Wildman–Crippen MR) is 61.2 cm³/mol. The molecular formula is C11H19N3O3. The predicted octanol–water partition coefficient (Wildman–Crippen LogP) is -1.60. The highest BCUT2D eigenvalue weighted by molar-refractivity contribution is 5.88. The lowest BCUT2D eigenvalue weighted by atomic mass is 10.1. The van der Waals surface area contributed by atoms with Gasteiger partial charge < -0.3 is 20.2 Å². The Kier molecular flexibility index (Phi) is 3.63. The third-order valence-electron chi connectivity index (χ3n) is 3.41. The normalized spacial score (nSPS) is 29.9. The summed E-state index contributed by atoms with van der Waals surface area (Å²) < 4.78 is 0. The average molecular weight is 241 g/mol. The molecular weight excluding hydrogens is 222 g/mol. The number of aliphatic hydroxyl groups excluding tert-OH is 1. The zero-order valence-corrected chi connectivity index (χ0v) is 10.1. The molecule has 0 aromatic carbocycles.